The second kappa shape index (κ2) is 7.34. The minimum absolute atomic E-state index is 0.0542. The van der Waals surface area contributed by atoms with Crippen LogP contribution >= 0.6 is 11.8 Å². The third-order valence-corrected chi connectivity index (χ3v) is 5.62. The second-order valence-corrected chi connectivity index (χ2v) is 6.58. The zero-order valence-corrected chi connectivity index (χ0v) is 13.2. The summed E-state index contributed by atoms with van der Waals surface area (Å²) in [5.41, 5.74) is -0.0542. The van der Waals surface area contributed by atoms with Crippen molar-refractivity contribution < 1.29 is 9.84 Å². The Hall–Kier alpha value is -0.710. The number of rotatable bonds is 7. The van der Waals surface area contributed by atoms with Crippen molar-refractivity contribution in [1.29, 1.82) is 0 Å². The summed E-state index contributed by atoms with van der Waals surface area (Å²) < 4.78 is 5.38. The van der Waals surface area contributed by atoms with Gasteiger partial charge in [0.05, 0.1) is 13.7 Å². The van der Waals surface area contributed by atoms with Gasteiger partial charge in [0.1, 0.15) is 5.75 Å². The normalized spacial score (nSPS) is 25.9. The fourth-order valence-electron chi connectivity index (χ4n) is 3.23. The summed E-state index contributed by atoms with van der Waals surface area (Å²) in [5.74, 6) is 2.58. The lowest BCUT2D eigenvalue weighted by molar-refractivity contribution is 0.130. The molecule has 3 nitrogen and oxygen atoms in total. The molecule has 1 aliphatic rings. The molecule has 1 aromatic carbocycles. The Morgan fingerprint density at radius 3 is 2.95 bits per heavy atom. The van der Waals surface area contributed by atoms with Crippen molar-refractivity contribution in [3.05, 3.63) is 24.3 Å². The van der Waals surface area contributed by atoms with Crippen LogP contribution < -0.4 is 10.1 Å². The van der Waals surface area contributed by atoms with E-state index in [2.05, 4.69) is 11.4 Å². The van der Waals surface area contributed by atoms with E-state index in [0.29, 0.717) is 5.92 Å². The van der Waals surface area contributed by atoms with E-state index >= 15 is 0 Å². The molecule has 0 radical (unpaired) electrons. The second-order valence-electron chi connectivity index (χ2n) is 5.44. The Morgan fingerprint density at radius 2 is 2.25 bits per heavy atom. The highest BCUT2D eigenvalue weighted by Crippen LogP contribution is 2.39. The number of likely N-dealkylation sites (N-methyl/N-ethyl adjacent to an activating group) is 1. The number of aliphatic hydroxyl groups is 1. The average Bonchev–Trinajstić information content (AvgIpc) is 2.91. The zero-order chi connectivity index (χ0) is 14.4. The lowest BCUT2D eigenvalue weighted by atomic mass is 9.86. The van der Waals surface area contributed by atoms with Gasteiger partial charge in [-0.05, 0) is 50.1 Å². The van der Waals surface area contributed by atoms with Crippen LogP contribution in [-0.4, -0.2) is 37.2 Å². The SMILES string of the molecule is CNC1(CO)CCCC1CCSc1ccccc1OC. The monoisotopic (exact) mass is 295 g/mol. The molecule has 0 heterocycles. The molecule has 4 heteroatoms. The van der Waals surface area contributed by atoms with Gasteiger partial charge in [-0.25, -0.2) is 0 Å². The molecular formula is C16H25NO2S. The number of nitrogens with one attached hydrogen (secondary N) is 1. The highest BCUT2D eigenvalue weighted by molar-refractivity contribution is 7.99. The third kappa shape index (κ3) is 3.30. The molecule has 1 aliphatic carbocycles. The minimum atomic E-state index is -0.0542. The summed E-state index contributed by atoms with van der Waals surface area (Å²) >= 11 is 1.85. The summed E-state index contributed by atoms with van der Waals surface area (Å²) in [7, 11) is 3.69. The van der Waals surface area contributed by atoms with Crippen molar-refractivity contribution in [3.63, 3.8) is 0 Å². The van der Waals surface area contributed by atoms with Gasteiger partial charge in [-0.1, -0.05) is 18.6 Å². The quantitative estimate of drug-likeness (QED) is 0.759. The van der Waals surface area contributed by atoms with Crippen molar-refractivity contribution in [1.82, 2.24) is 5.32 Å². The lowest BCUT2D eigenvalue weighted by Gasteiger charge is -2.33. The summed E-state index contributed by atoms with van der Waals surface area (Å²) in [6, 6.07) is 8.16. The highest BCUT2D eigenvalue weighted by Gasteiger charge is 2.40. The van der Waals surface area contributed by atoms with Gasteiger partial charge in [0.2, 0.25) is 0 Å². The molecule has 1 saturated carbocycles. The van der Waals surface area contributed by atoms with Crippen LogP contribution in [0.15, 0.2) is 29.2 Å². The van der Waals surface area contributed by atoms with Crippen LogP contribution in [0.5, 0.6) is 5.75 Å². The maximum absolute atomic E-state index is 9.70. The number of thioether (sulfide) groups is 1. The molecule has 2 unspecified atom stereocenters. The zero-order valence-electron chi connectivity index (χ0n) is 12.4. The van der Waals surface area contributed by atoms with Crippen LogP contribution in [-0.2, 0) is 0 Å². The van der Waals surface area contributed by atoms with Gasteiger partial charge in [0.25, 0.3) is 0 Å². The Bertz CT molecular complexity index is 421. The van der Waals surface area contributed by atoms with E-state index in [1.54, 1.807) is 7.11 Å². The van der Waals surface area contributed by atoms with Gasteiger partial charge >= 0.3 is 0 Å². The molecule has 20 heavy (non-hydrogen) atoms. The molecule has 0 spiro atoms. The number of ether oxygens (including phenoxy) is 1. The van der Waals surface area contributed by atoms with Gasteiger partial charge in [-0.15, -0.1) is 11.8 Å². The summed E-state index contributed by atoms with van der Waals surface area (Å²) in [4.78, 5) is 1.20. The first-order valence-corrected chi connectivity index (χ1v) is 8.30. The number of methoxy groups -OCH3 is 1. The maximum Gasteiger partial charge on any atom is 0.132 e. The predicted molar refractivity (Wildman–Crippen MR) is 84.6 cm³/mol. The van der Waals surface area contributed by atoms with Crippen LogP contribution in [0.3, 0.4) is 0 Å². The first kappa shape index (κ1) is 15.7. The number of hydrogen-bond acceptors (Lipinski definition) is 4. The largest absolute Gasteiger partial charge is 0.496 e. The molecule has 1 fully saturated rings. The lowest BCUT2D eigenvalue weighted by Crippen LogP contribution is -2.49. The molecule has 0 bridgehead atoms. The Labute approximate surface area is 126 Å². The summed E-state index contributed by atoms with van der Waals surface area (Å²) in [6.45, 7) is 0.244. The molecular weight excluding hydrogens is 270 g/mol. The van der Waals surface area contributed by atoms with E-state index in [1.807, 2.05) is 37.0 Å². The molecule has 0 aliphatic heterocycles. The first-order valence-electron chi connectivity index (χ1n) is 7.31. The van der Waals surface area contributed by atoms with Gasteiger partial charge in [0.15, 0.2) is 0 Å². The Kier molecular flexibility index (Phi) is 5.75. The van der Waals surface area contributed by atoms with Crippen molar-refractivity contribution in [2.45, 2.75) is 36.1 Å². The molecule has 2 rings (SSSR count). The summed E-state index contributed by atoms with van der Waals surface area (Å²) in [5, 5.41) is 13.1. The molecule has 112 valence electrons. The smallest absolute Gasteiger partial charge is 0.132 e. The minimum Gasteiger partial charge on any atom is -0.496 e. The first-order chi connectivity index (χ1) is 9.75. The fraction of sp³-hybridized carbons (Fsp3) is 0.625. The van der Waals surface area contributed by atoms with Gasteiger partial charge in [-0.2, -0.15) is 0 Å². The number of para-hydroxylation sites is 1. The predicted octanol–water partition coefficient (Wildman–Crippen LogP) is 2.93. The Morgan fingerprint density at radius 1 is 1.45 bits per heavy atom. The molecule has 2 N–H and O–H groups in total. The van der Waals surface area contributed by atoms with Gasteiger partial charge in [-0.3, -0.25) is 0 Å². The Balaban J connectivity index is 1.89. The van der Waals surface area contributed by atoms with Crippen molar-refractivity contribution in [3.8, 4) is 5.75 Å². The van der Waals surface area contributed by atoms with Crippen molar-refractivity contribution in [2.24, 2.45) is 5.92 Å². The van der Waals surface area contributed by atoms with E-state index in [-0.39, 0.29) is 12.1 Å². The number of aliphatic hydroxyl groups excluding tert-OH is 1. The van der Waals surface area contributed by atoms with Crippen LogP contribution in [0.25, 0.3) is 0 Å². The van der Waals surface area contributed by atoms with Crippen LogP contribution in [0, 0.1) is 5.92 Å². The van der Waals surface area contributed by atoms with E-state index in [4.69, 9.17) is 4.74 Å². The van der Waals surface area contributed by atoms with E-state index < -0.39 is 0 Å². The molecule has 2 atom stereocenters. The molecule has 0 saturated heterocycles. The molecule has 1 aromatic rings. The van der Waals surface area contributed by atoms with Gasteiger partial charge < -0.3 is 15.2 Å². The highest BCUT2D eigenvalue weighted by atomic mass is 32.2. The van der Waals surface area contributed by atoms with E-state index in [1.165, 1.54) is 17.7 Å². The van der Waals surface area contributed by atoms with E-state index in [9.17, 15) is 5.11 Å². The van der Waals surface area contributed by atoms with Crippen molar-refractivity contribution >= 4 is 11.8 Å². The van der Waals surface area contributed by atoms with E-state index in [0.717, 1.165) is 24.3 Å². The fourth-order valence-corrected chi connectivity index (χ4v) is 4.32. The average molecular weight is 295 g/mol. The molecule has 0 aromatic heterocycles. The third-order valence-electron chi connectivity index (χ3n) is 4.53. The number of hydrogen-bond donors (Lipinski definition) is 2. The van der Waals surface area contributed by atoms with Crippen LogP contribution in [0.2, 0.25) is 0 Å². The summed E-state index contributed by atoms with van der Waals surface area (Å²) in [6.07, 6.45) is 4.65. The van der Waals surface area contributed by atoms with Crippen molar-refractivity contribution in [2.75, 3.05) is 26.5 Å². The number of benzene rings is 1. The van der Waals surface area contributed by atoms with Gasteiger partial charge in [0, 0.05) is 10.4 Å². The topological polar surface area (TPSA) is 41.5 Å². The standard InChI is InChI=1S/C16H25NO2S/c1-17-16(12-18)10-5-6-13(16)9-11-20-15-8-4-3-7-14(15)19-2/h3-4,7-8,13,17-18H,5-6,9-12H2,1-2H3. The maximum atomic E-state index is 9.70. The van der Waals surface area contributed by atoms with Crippen LogP contribution in [0.1, 0.15) is 25.7 Å². The van der Waals surface area contributed by atoms with Crippen LogP contribution in [0.4, 0.5) is 0 Å². The molecule has 0 amide bonds.